The average molecular weight is 395 g/mol. The minimum absolute atomic E-state index is 0.307. The molecule has 0 saturated carbocycles. The van der Waals surface area contributed by atoms with Gasteiger partial charge in [-0.2, -0.15) is 5.10 Å². The third kappa shape index (κ3) is 5.07. The van der Waals surface area contributed by atoms with Gasteiger partial charge in [0.1, 0.15) is 17.6 Å². The van der Waals surface area contributed by atoms with E-state index in [2.05, 4.69) is 10.4 Å². The fourth-order valence-electron chi connectivity index (χ4n) is 2.89. The van der Waals surface area contributed by atoms with Gasteiger partial charge in [0.2, 0.25) is 5.91 Å². The lowest BCUT2D eigenvalue weighted by molar-refractivity contribution is -0.124. The number of halogens is 1. The number of hydrogen-bond donors (Lipinski definition) is 1. The Kier molecular flexibility index (Phi) is 6.39. The SMILES string of the molecule is COc1cccc(CCNC(=O)C(C)n2nc(-c3ccc(F)cc3)ccc2=O)c1. The quantitative estimate of drug-likeness (QED) is 0.668. The van der Waals surface area contributed by atoms with Crippen molar-refractivity contribution in [3.63, 3.8) is 0 Å². The number of carbonyl (C=O) groups is 1. The van der Waals surface area contributed by atoms with Crippen LogP contribution in [0, 0.1) is 5.82 Å². The minimum Gasteiger partial charge on any atom is -0.497 e. The largest absolute Gasteiger partial charge is 0.497 e. The standard InChI is InChI=1S/C22H22FN3O3/c1-15(22(28)24-13-12-16-4-3-5-19(14-16)29-2)26-21(27)11-10-20(25-26)17-6-8-18(23)9-7-17/h3-11,14-15H,12-13H2,1-2H3,(H,24,28). The van der Waals surface area contributed by atoms with Crippen LogP contribution in [0.15, 0.2) is 65.5 Å². The summed E-state index contributed by atoms with van der Waals surface area (Å²) in [7, 11) is 1.60. The number of benzene rings is 2. The predicted molar refractivity (Wildman–Crippen MR) is 108 cm³/mol. The molecular weight excluding hydrogens is 373 g/mol. The molecule has 6 nitrogen and oxygen atoms in total. The van der Waals surface area contributed by atoms with E-state index < -0.39 is 6.04 Å². The summed E-state index contributed by atoms with van der Waals surface area (Å²) in [4.78, 5) is 24.7. The van der Waals surface area contributed by atoms with Crippen molar-refractivity contribution < 1.29 is 13.9 Å². The van der Waals surface area contributed by atoms with Gasteiger partial charge in [-0.3, -0.25) is 9.59 Å². The average Bonchev–Trinajstić information content (AvgIpc) is 2.74. The number of amides is 1. The molecule has 1 amide bonds. The molecule has 1 aromatic heterocycles. The first-order valence-electron chi connectivity index (χ1n) is 9.24. The van der Waals surface area contributed by atoms with Crippen molar-refractivity contribution in [1.82, 2.24) is 15.1 Å². The van der Waals surface area contributed by atoms with E-state index >= 15 is 0 Å². The molecule has 1 N–H and O–H groups in total. The molecule has 1 heterocycles. The molecule has 0 saturated heterocycles. The number of aromatic nitrogens is 2. The smallest absolute Gasteiger partial charge is 0.267 e. The van der Waals surface area contributed by atoms with Crippen LogP contribution >= 0.6 is 0 Å². The van der Waals surface area contributed by atoms with E-state index in [1.165, 1.54) is 18.2 Å². The molecule has 1 unspecified atom stereocenters. The van der Waals surface area contributed by atoms with E-state index in [0.717, 1.165) is 16.0 Å². The zero-order valence-electron chi connectivity index (χ0n) is 16.3. The Morgan fingerprint density at radius 3 is 2.66 bits per heavy atom. The van der Waals surface area contributed by atoms with Gasteiger partial charge in [0.15, 0.2) is 0 Å². The fourth-order valence-corrected chi connectivity index (χ4v) is 2.89. The maximum Gasteiger partial charge on any atom is 0.267 e. The van der Waals surface area contributed by atoms with Crippen molar-refractivity contribution >= 4 is 5.91 Å². The molecule has 0 bridgehead atoms. The minimum atomic E-state index is -0.784. The second-order valence-corrected chi connectivity index (χ2v) is 6.58. The summed E-state index contributed by atoms with van der Waals surface area (Å²) in [6.45, 7) is 2.03. The maximum atomic E-state index is 13.1. The molecule has 0 aliphatic carbocycles. The summed E-state index contributed by atoms with van der Waals surface area (Å²) >= 11 is 0. The number of ether oxygens (including phenoxy) is 1. The molecule has 150 valence electrons. The lowest BCUT2D eigenvalue weighted by Gasteiger charge is -2.15. The van der Waals surface area contributed by atoms with Crippen LogP contribution in [0.3, 0.4) is 0 Å². The van der Waals surface area contributed by atoms with Crippen LogP contribution in [0.2, 0.25) is 0 Å². The van der Waals surface area contributed by atoms with Crippen molar-refractivity contribution in [3.8, 4) is 17.0 Å². The summed E-state index contributed by atoms with van der Waals surface area (Å²) in [6.07, 6.45) is 0.633. The molecule has 2 aromatic carbocycles. The highest BCUT2D eigenvalue weighted by atomic mass is 19.1. The first-order valence-corrected chi connectivity index (χ1v) is 9.24. The first kappa shape index (κ1) is 20.3. The summed E-state index contributed by atoms with van der Waals surface area (Å²) in [5.41, 5.74) is 1.80. The third-order valence-electron chi connectivity index (χ3n) is 4.56. The predicted octanol–water partition coefficient (Wildman–Crippen LogP) is 2.98. The van der Waals surface area contributed by atoms with Gasteiger partial charge in [-0.15, -0.1) is 0 Å². The highest BCUT2D eigenvalue weighted by Crippen LogP contribution is 2.17. The number of nitrogens with zero attached hydrogens (tertiary/aromatic N) is 2. The monoisotopic (exact) mass is 395 g/mol. The molecule has 0 aliphatic heterocycles. The summed E-state index contributed by atoms with van der Waals surface area (Å²) in [6, 6.07) is 15.5. The highest BCUT2D eigenvalue weighted by Gasteiger charge is 2.17. The van der Waals surface area contributed by atoms with E-state index in [-0.39, 0.29) is 17.3 Å². The van der Waals surface area contributed by atoms with Gasteiger partial charge in [-0.25, -0.2) is 9.07 Å². The van der Waals surface area contributed by atoms with Gasteiger partial charge in [0, 0.05) is 18.2 Å². The van der Waals surface area contributed by atoms with E-state index in [1.54, 1.807) is 32.2 Å². The van der Waals surface area contributed by atoms with E-state index in [0.29, 0.717) is 24.2 Å². The van der Waals surface area contributed by atoms with Crippen molar-refractivity contribution in [2.45, 2.75) is 19.4 Å². The second kappa shape index (κ2) is 9.14. The molecule has 3 aromatic rings. The molecule has 3 rings (SSSR count). The molecule has 1 atom stereocenters. The topological polar surface area (TPSA) is 73.2 Å². The third-order valence-corrected chi connectivity index (χ3v) is 4.56. The van der Waals surface area contributed by atoms with E-state index in [9.17, 15) is 14.0 Å². The number of carbonyl (C=O) groups excluding carboxylic acids is 1. The summed E-state index contributed by atoms with van der Waals surface area (Å²) < 4.78 is 19.5. The van der Waals surface area contributed by atoms with Crippen molar-refractivity contribution in [1.29, 1.82) is 0 Å². The number of rotatable bonds is 7. The Morgan fingerprint density at radius 2 is 1.93 bits per heavy atom. The Hall–Kier alpha value is -3.48. The van der Waals surface area contributed by atoms with E-state index in [4.69, 9.17) is 4.74 Å². The molecule has 0 aliphatic rings. The zero-order valence-corrected chi connectivity index (χ0v) is 16.3. The van der Waals surface area contributed by atoms with Crippen molar-refractivity contribution in [2.24, 2.45) is 0 Å². The van der Waals surface area contributed by atoms with Crippen LogP contribution in [0.1, 0.15) is 18.5 Å². The lowest BCUT2D eigenvalue weighted by atomic mass is 10.1. The Bertz CT molecular complexity index is 1050. The maximum absolute atomic E-state index is 13.1. The molecule has 0 fully saturated rings. The van der Waals surface area contributed by atoms with Gasteiger partial charge in [0.25, 0.3) is 5.56 Å². The first-order chi connectivity index (χ1) is 14.0. The molecular formula is C22H22FN3O3. The fraction of sp³-hybridized carbons (Fsp3) is 0.227. The van der Waals surface area contributed by atoms with Crippen LogP contribution in [-0.2, 0) is 11.2 Å². The van der Waals surface area contributed by atoms with Gasteiger partial charge in [-0.1, -0.05) is 12.1 Å². The van der Waals surface area contributed by atoms with Crippen LogP contribution < -0.4 is 15.6 Å². The van der Waals surface area contributed by atoms with Gasteiger partial charge < -0.3 is 10.1 Å². The van der Waals surface area contributed by atoms with Crippen molar-refractivity contribution in [3.05, 3.63) is 82.4 Å². The van der Waals surface area contributed by atoms with Gasteiger partial charge in [-0.05, 0) is 61.4 Å². The highest BCUT2D eigenvalue weighted by molar-refractivity contribution is 5.79. The Balaban J connectivity index is 1.67. The van der Waals surface area contributed by atoms with Crippen LogP contribution in [0.4, 0.5) is 4.39 Å². The van der Waals surface area contributed by atoms with Crippen molar-refractivity contribution in [2.75, 3.05) is 13.7 Å². The Labute approximate surface area is 168 Å². The lowest BCUT2D eigenvalue weighted by Crippen LogP contribution is -2.37. The number of hydrogen-bond acceptors (Lipinski definition) is 4. The molecule has 29 heavy (non-hydrogen) atoms. The van der Waals surface area contributed by atoms with Gasteiger partial charge >= 0.3 is 0 Å². The number of nitrogens with one attached hydrogen (secondary N) is 1. The zero-order chi connectivity index (χ0) is 20.8. The summed E-state index contributed by atoms with van der Waals surface area (Å²) in [5, 5.41) is 7.12. The molecule has 7 heteroatoms. The van der Waals surface area contributed by atoms with Crippen LogP contribution in [0.25, 0.3) is 11.3 Å². The molecule has 0 spiro atoms. The summed E-state index contributed by atoms with van der Waals surface area (Å²) in [5.74, 6) is 0.0974. The van der Waals surface area contributed by atoms with Crippen LogP contribution in [0.5, 0.6) is 5.75 Å². The van der Waals surface area contributed by atoms with Crippen LogP contribution in [-0.4, -0.2) is 29.3 Å². The van der Waals surface area contributed by atoms with Gasteiger partial charge in [0.05, 0.1) is 12.8 Å². The molecule has 0 radical (unpaired) electrons. The second-order valence-electron chi connectivity index (χ2n) is 6.58. The number of methoxy groups -OCH3 is 1. The Morgan fingerprint density at radius 1 is 1.17 bits per heavy atom. The normalized spacial score (nSPS) is 11.7. The van der Waals surface area contributed by atoms with E-state index in [1.807, 2.05) is 24.3 Å².